The van der Waals surface area contributed by atoms with Gasteiger partial charge in [0.25, 0.3) is 0 Å². The Morgan fingerprint density at radius 3 is 2.69 bits per heavy atom. The molecule has 0 spiro atoms. The van der Waals surface area contributed by atoms with E-state index in [1.165, 1.54) is 12.1 Å². The van der Waals surface area contributed by atoms with Gasteiger partial charge in [0.05, 0.1) is 0 Å². The van der Waals surface area contributed by atoms with Crippen LogP contribution >= 0.6 is 0 Å². The van der Waals surface area contributed by atoms with E-state index >= 15 is 0 Å². The highest BCUT2D eigenvalue weighted by molar-refractivity contribution is 5.82. The van der Waals surface area contributed by atoms with E-state index in [9.17, 15) is 9.18 Å². The van der Waals surface area contributed by atoms with Crippen LogP contribution in [-0.2, 0) is 4.79 Å². The van der Waals surface area contributed by atoms with Crippen molar-refractivity contribution in [1.29, 1.82) is 0 Å². The maximum Gasteiger partial charge on any atom is 0.173 e. The molecule has 1 aliphatic rings. The third kappa shape index (κ3) is 2.60. The quantitative estimate of drug-likeness (QED) is 0.782. The number of hydrogen-bond donors (Lipinski definition) is 0. The van der Waals surface area contributed by atoms with Gasteiger partial charge in [-0.1, -0.05) is 25.0 Å². The average molecular weight is 222 g/mol. The first-order chi connectivity index (χ1) is 7.77. The summed E-state index contributed by atoms with van der Waals surface area (Å²) in [5.74, 6) is -0.0249. The van der Waals surface area contributed by atoms with Gasteiger partial charge in [0.2, 0.25) is 0 Å². The summed E-state index contributed by atoms with van der Waals surface area (Å²) in [4.78, 5) is 11.7. The van der Waals surface area contributed by atoms with Gasteiger partial charge in [-0.05, 0) is 25.0 Å². The highest BCUT2D eigenvalue weighted by Crippen LogP contribution is 2.25. The fourth-order valence-corrected chi connectivity index (χ4v) is 2.08. The lowest BCUT2D eigenvalue weighted by Gasteiger charge is -2.09. The summed E-state index contributed by atoms with van der Waals surface area (Å²) in [6.07, 6.45) is 4.16. The summed E-state index contributed by atoms with van der Waals surface area (Å²) < 4.78 is 18.4. The molecule has 16 heavy (non-hydrogen) atoms. The van der Waals surface area contributed by atoms with Crippen LogP contribution in [0, 0.1) is 11.7 Å². The molecular formula is C13H15FO2. The van der Waals surface area contributed by atoms with Crippen LogP contribution in [0.3, 0.4) is 0 Å². The van der Waals surface area contributed by atoms with Gasteiger partial charge < -0.3 is 4.74 Å². The molecule has 1 saturated carbocycles. The molecule has 0 N–H and O–H groups in total. The molecular weight excluding hydrogens is 207 g/mol. The van der Waals surface area contributed by atoms with Gasteiger partial charge in [-0.15, -0.1) is 0 Å². The Morgan fingerprint density at radius 2 is 2.00 bits per heavy atom. The molecule has 0 aliphatic heterocycles. The Bertz CT molecular complexity index is 370. The normalized spacial score (nSPS) is 16.3. The van der Waals surface area contributed by atoms with Gasteiger partial charge in [0.15, 0.2) is 17.3 Å². The molecule has 86 valence electrons. The van der Waals surface area contributed by atoms with Gasteiger partial charge in [-0.2, -0.15) is 0 Å². The summed E-state index contributed by atoms with van der Waals surface area (Å²) in [5.41, 5.74) is 0. The van der Waals surface area contributed by atoms with Crippen molar-refractivity contribution in [2.75, 3.05) is 6.61 Å². The van der Waals surface area contributed by atoms with Crippen molar-refractivity contribution in [3.63, 3.8) is 0 Å². The van der Waals surface area contributed by atoms with Gasteiger partial charge in [0, 0.05) is 5.92 Å². The van der Waals surface area contributed by atoms with Crippen LogP contribution < -0.4 is 4.74 Å². The van der Waals surface area contributed by atoms with E-state index in [-0.39, 0.29) is 24.1 Å². The van der Waals surface area contributed by atoms with Crippen LogP contribution in [-0.4, -0.2) is 12.4 Å². The molecule has 0 atom stereocenters. The van der Waals surface area contributed by atoms with Crippen LogP contribution in [0.4, 0.5) is 4.39 Å². The van der Waals surface area contributed by atoms with Gasteiger partial charge in [-0.25, -0.2) is 4.39 Å². The lowest BCUT2D eigenvalue weighted by atomic mass is 10.0. The molecule has 0 unspecified atom stereocenters. The third-order valence-corrected chi connectivity index (χ3v) is 3.02. The minimum absolute atomic E-state index is 0.00833. The summed E-state index contributed by atoms with van der Waals surface area (Å²) in [6.45, 7) is -0.00833. The zero-order valence-electron chi connectivity index (χ0n) is 9.12. The predicted molar refractivity (Wildman–Crippen MR) is 58.9 cm³/mol. The molecule has 0 bridgehead atoms. The number of halogens is 1. The van der Waals surface area contributed by atoms with E-state index in [1.807, 2.05) is 0 Å². The Kier molecular flexibility index (Phi) is 3.54. The van der Waals surface area contributed by atoms with Crippen molar-refractivity contribution in [3.8, 4) is 5.75 Å². The second kappa shape index (κ2) is 5.10. The van der Waals surface area contributed by atoms with Crippen molar-refractivity contribution in [3.05, 3.63) is 30.1 Å². The van der Waals surface area contributed by atoms with Crippen LogP contribution in [0.5, 0.6) is 5.75 Å². The Balaban J connectivity index is 1.87. The summed E-state index contributed by atoms with van der Waals surface area (Å²) in [7, 11) is 0. The van der Waals surface area contributed by atoms with E-state index < -0.39 is 5.82 Å². The molecule has 0 aromatic heterocycles. The lowest BCUT2D eigenvalue weighted by Crippen LogP contribution is -2.19. The lowest BCUT2D eigenvalue weighted by molar-refractivity contribution is -0.124. The number of benzene rings is 1. The number of hydrogen-bond acceptors (Lipinski definition) is 2. The van der Waals surface area contributed by atoms with Crippen molar-refractivity contribution in [2.24, 2.45) is 5.92 Å². The topological polar surface area (TPSA) is 26.3 Å². The van der Waals surface area contributed by atoms with Crippen molar-refractivity contribution < 1.29 is 13.9 Å². The summed E-state index contributed by atoms with van der Waals surface area (Å²) >= 11 is 0. The first kappa shape index (κ1) is 11.1. The number of rotatable bonds is 4. The first-order valence-electron chi connectivity index (χ1n) is 5.67. The van der Waals surface area contributed by atoms with Crippen LogP contribution in [0.15, 0.2) is 24.3 Å². The Labute approximate surface area is 94.4 Å². The van der Waals surface area contributed by atoms with Crippen molar-refractivity contribution in [1.82, 2.24) is 0 Å². The van der Waals surface area contributed by atoms with Crippen molar-refractivity contribution in [2.45, 2.75) is 25.7 Å². The fraction of sp³-hybridized carbons (Fsp3) is 0.462. The largest absolute Gasteiger partial charge is 0.483 e. The van der Waals surface area contributed by atoms with E-state index in [0.717, 1.165) is 25.7 Å². The molecule has 1 aromatic carbocycles. The van der Waals surface area contributed by atoms with E-state index in [1.54, 1.807) is 12.1 Å². The van der Waals surface area contributed by atoms with Crippen LogP contribution in [0.1, 0.15) is 25.7 Å². The number of ketones is 1. The maximum atomic E-state index is 13.2. The molecule has 0 amide bonds. The standard InChI is InChI=1S/C13H15FO2/c14-11-7-3-4-8-13(11)16-9-12(15)10-5-1-2-6-10/h3-4,7-8,10H,1-2,5-6,9H2. The Hall–Kier alpha value is -1.38. The van der Waals surface area contributed by atoms with Crippen molar-refractivity contribution >= 4 is 5.78 Å². The number of ether oxygens (including phenoxy) is 1. The second-order valence-corrected chi connectivity index (χ2v) is 4.17. The van der Waals surface area contributed by atoms with E-state index in [2.05, 4.69) is 0 Å². The zero-order valence-corrected chi connectivity index (χ0v) is 9.12. The molecule has 0 saturated heterocycles. The monoisotopic (exact) mass is 222 g/mol. The average Bonchev–Trinajstić information content (AvgIpc) is 2.81. The number of Topliss-reactive ketones (excluding diaryl/α,β-unsaturated/α-hetero) is 1. The first-order valence-corrected chi connectivity index (χ1v) is 5.67. The maximum absolute atomic E-state index is 13.2. The molecule has 0 heterocycles. The minimum atomic E-state index is -0.415. The predicted octanol–water partition coefficient (Wildman–Crippen LogP) is 2.96. The number of carbonyl (C=O) groups excluding carboxylic acids is 1. The van der Waals surface area contributed by atoms with E-state index in [4.69, 9.17) is 4.74 Å². The molecule has 3 heteroatoms. The SMILES string of the molecule is O=C(COc1ccccc1F)C1CCCC1. The zero-order chi connectivity index (χ0) is 11.4. The molecule has 1 fully saturated rings. The van der Waals surface area contributed by atoms with Crippen LogP contribution in [0.2, 0.25) is 0 Å². The third-order valence-electron chi connectivity index (χ3n) is 3.02. The Morgan fingerprint density at radius 1 is 1.31 bits per heavy atom. The van der Waals surface area contributed by atoms with Crippen LogP contribution in [0.25, 0.3) is 0 Å². The van der Waals surface area contributed by atoms with Gasteiger partial charge in [0.1, 0.15) is 6.61 Å². The molecule has 0 radical (unpaired) electrons. The summed E-state index contributed by atoms with van der Waals surface area (Å²) in [5, 5.41) is 0. The molecule has 1 aliphatic carbocycles. The van der Waals surface area contributed by atoms with Gasteiger partial charge >= 0.3 is 0 Å². The molecule has 2 nitrogen and oxygen atoms in total. The minimum Gasteiger partial charge on any atom is -0.483 e. The molecule has 2 rings (SSSR count). The number of para-hydroxylation sites is 1. The number of carbonyl (C=O) groups is 1. The van der Waals surface area contributed by atoms with E-state index in [0.29, 0.717) is 0 Å². The smallest absolute Gasteiger partial charge is 0.173 e. The fourth-order valence-electron chi connectivity index (χ4n) is 2.08. The highest BCUT2D eigenvalue weighted by Gasteiger charge is 2.22. The highest BCUT2D eigenvalue weighted by atomic mass is 19.1. The second-order valence-electron chi connectivity index (χ2n) is 4.17. The summed E-state index contributed by atoms with van der Waals surface area (Å²) in [6, 6.07) is 6.16. The van der Waals surface area contributed by atoms with Gasteiger partial charge in [-0.3, -0.25) is 4.79 Å². The molecule has 1 aromatic rings.